The molecule has 20 heavy (non-hydrogen) atoms. The highest BCUT2D eigenvalue weighted by Crippen LogP contribution is 2.26. The van der Waals surface area contributed by atoms with Gasteiger partial charge in [0.25, 0.3) is 0 Å². The zero-order valence-electron chi connectivity index (χ0n) is 12.3. The number of allylic oxidation sites excluding steroid dienone is 4. The van der Waals surface area contributed by atoms with Gasteiger partial charge in [-0.25, -0.2) is 0 Å². The molecule has 0 aromatic rings. The average molecular weight is 274 g/mol. The van der Waals surface area contributed by atoms with Gasteiger partial charge in [0.2, 0.25) is 0 Å². The topological polar surface area (TPSA) is 43.4 Å². The summed E-state index contributed by atoms with van der Waals surface area (Å²) >= 11 is 0. The summed E-state index contributed by atoms with van der Waals surface area (Å²) in [7, 11) is 1.38. The van der Waals surface area contributed by atoms with E-state index in [-0.39, 0.29) is 17.7 Å². The van der Waals surface area contributed by atoms with Crippen molar-refractivity contribution in [3.05, 3.63) is 23.8 Å². The number of ketones is 1. The van der Waals surface area contributed by atoms with Gasteiger partial charge in [-0.05, 0) is 25.0 Å². The summed E-state index contributed by atoms with van der Waals surface area (Å²) in [6.07, 6.45) is 10.3. The monoisotopic (exact) mass is 274 g/mol. The summed E-state index contributed by atoms with van der Waals surface area (Å²) in [5.41, 5.74) is 0.805. The number of hydrogen-bond acceptors (Lipinski definition) is 3. The number of carbonyl (C=O) groups is 2. The Balaban J connectivity index is 2.43. The van der Waals surface area contributed by atoms with Crippen molar-refractivity contribution in [2.75, 3.05) is 7.11 Å². The Labute approximate surface area is 121 Å². The summed E-state index contributed by atoms with van der Waals surface area (Å²) in [6, 6.07) is 0. The van der Waals surface area contributed by atoms with Crippen molar-refractivity contribution < 1.29 is 14.3 Å². The van der Waals surface area contributed by atoms with Crippen LogP contribution < -0.4 is 0 Å². The molecule has 0 aliphatic heterocycles. The molecule has 0 saturated carbocycles. The smallest absolute Gasteiger partial charge is 0.305 e. The van der Waals surface area contributed by atoms with Gasteiger partial charge in [-0.15, -0.1) is 0 Å². The summed E-state index contributed by atoms with van der Waals surface area (Å²) in [5, 5.41) is 0. The SMILES string of the molecule is CCCCC1C=CC(=O)/C1=C\C#CCCCC(=O)OC. The quantitative estimate of drug-likeness (QED) is 0.323. The second kappa shape index (κ2) is 9.14. The highest BCUT2D eigenvalue weighted by atomic mass is 16.5. The number of rotatable bonds is 6. The number of carbonyl (C=O) groups excluding carboxylic acids is 2. The van der Waals surface area contributed by atoms with E-state index in [9.17, 15) is 9.59 Å². The van der Waals surface area contributed by atoms with Gasteiger partial charge in [-0.1, -0.05) is 37.7 Å². The van der Waals surface area contributed by atoms with Crippen molar-refractivity contribution in [2.24, 2.45) is 5.92 Å². The van der Waals surface area contributed by atoms with Crippen molar-refractivity contribution in [3.63, 3.8) is 0 Å². The number of unbranched alkanes of at least 4 members (excludes halogenated alkanes) is 2. The normalized spacial score (nSPS) is 19.0. The van der Waals surface area contributed by atoms with E-state index in [2.05, 4.69) is 23.5 Å². The minimum absolute atomic E-state index is 0.0787. The molecular formula is C17H22O3. The van der Waals surface area contributed by atoms with Crippen LogP contribution in [0.15, 0.2) is 23.8 Å². The maximum atomic E-state index is 11.7. The number of esters is 1. The van der Waals surface area contributed by atoms with Crippen LogP contribution in [0.2, 0.25) is 0 Å². The molecule has 1 aliphatic rings. The molecular weight excluding hydrogens is 252 g/mol. The van der Waals surface area contributed by atoms with Gasteiger partial charge in [0, 0.05) is 24.3 Å². The zero-order valence-corrected chi connectivity index (χ0v) is 12.3. The summed E-state index contributed by atoms with van der Waals surface area (Å²) in [5.74, 6) is 6.00. The highest BCUT2D eigenvalue weighted by molar-refractivity contribution is 6.07. The standard InChI is InChI=1S/C17H22O3/c1-3-4-9-14-12-13-16(18)15(14)10-7-5-6-8-11-17(19)20-2/h10,12-14H,3-4,6,8-9,11H2,1-2H3/b15-10-. The highest BCUT2D eigenvalue weighted by Gasteiger charge is 2.21. The first kappa shape index (κ1) is 16.2. The molecule has 1 atom stereocenters. The first-order valence-corrected chi connectivity index (χ1v) is 7.16. The van der Waals surface area contributed by atoms with Crippen LogP contribution in [0.1, 0.15) is 45.4 Å². The minimum Gasteiger partial charge on any atom is -0.469 e. The van der Waals surface area contributed by atoms with Gasteiger partial charge in [0.15, 0.2) is 5.78 Å². The minimum atomic E-state index is -0.208. The van der Waals surface area contributed by atoms with Crippen LogP contribution in [-0.4, -0.2) is 18.9 Å². The predicted octanol–water partition coefficient (Wildman–Crippen LogP) is 3.20. The molecule has 0 bridgehead atoms. The van der Waals surface area contributed by atoms with Gasteiger partial charge in [-0.2, -0.15) is 0 Å². The molecule has 108 valence electrons. The first-order valence-electron chi connectivity index (χ1n) is 7.16. The molecule has 0 fully saturated rings. The van der Waals surface area contributed by atoms with Crippen LogP contribution >= 0.6 is 0 Å². The van der Waals surface area contributed by atoms with E-state index in [1.54, 1.807) is 12.2 Å². The molecule has 0 aromatic carbocycles. The van der Waals surface area contributed by atoms with E-state index in [1.807, 2.05) is 6.08 Å². The van der Waals surface area contributed by atoms with Crippen molar-refractivity contribution in [1.82, 2.24) is 0 Å². The van der Waals surface area contributed by atoms with Crippen molar-refractivity contribution >= 4 is 11.8 Å². The third-order valence-electron chi connectivity index (χ3n) is 3.27. The molecule has 1 unspecified atom stereocenters. The fourth-order valence-corrected chi connectivity index (χ4v) is 2.06. The van der Waals surface area contributed by atoms with Crippen molar-refractivity contribution in [2.45, 2.75) is 45.4 Å². The zero-order chi connectivity index (χ0) is 14.8. The molecule has 0 heterocycles. The lowest BCUT2D eigenvalue weighted by molar-refractivity contribution is -0.140. The third-order valence-corrected chi connectivity index (χ3v) is 3.27. The molecule has 0 saturated heterocycles. The molecule has 3 nitrogen and oxygen atoms in total. The van der Waals surface area contributed by atoms with E-state index in [0.29, 0.717) is 19.3 Å². The molecule has 0 amide bonds. The van der Waals surface area contributed by atoms with E-state index in [4.69, 9.17) is 0 Å². The lowest BCUT2D eigenvalue weighted by Gasteiger charge is -2.07. The van der Waals surface area contributed by atoms with Crippen LogP contribution in [-0.2, 0) is 14.3 Å². The Bertz CT molecular complexity index is 460. The van der Waals surface area contributed by atoms with E-state index in [0.717, 1.165) is 24.8 Å². The van der Waals surface area contributed by atoms with E-state index >= 15 is 0 Å². The van der Waals surface area contributed by atoms with E-state index in [1.165, 1.54) is 7.11 Å². The van der Waals surface area contributed by atoms with Crippen LogP contribution in [0.25, 0.3) is 0 Å². The Hall–Kier alpha value is -1.82. The molecule has 0 radical (unpaired) electrons. The second-order valence-electron chi connectivity index (χ2n) is 4.82. The summed E-state index contributed by atoms with van der Waals surface area (Å²) in [4.78, 5) is 22.6. The van der Waals surface area contributed by atoms with Crippen LogP contribution in [0.5, 0.6) is 0 Å². The largest absolute Gasteiger partial charge is 0.469 e. The van der Waals surface area contributed by atoms with Gasteiger partial charge in [0.05, 0.1) is 7.11 Å². The molecule has 0 N–H and O–H groups in total. The second-order valence-corrected chi connectivity index (χ2v) is 4.82. The Morgan fingerprint density at radius 2 is 2.25 bits per heavy atom. The molecule has 0 spiro atoms. The number of methoxy groups -OCH3 is 1. The summed E-state index contributed by atoms with van der Waals surface area (Å²) in [6.45, 7) is 2.14. The van der Waals surface area contributed by atoms with Gasteiger partial charge >= 0.3 is 5.97 Å². The maximum Gasteiger partial charge on any atom is 0.305 e. The third kappa shape index (κ3) is 5.44. The lowest BCUT2D eigenvalue weighted by Crippen LogP contribution is -2.02. The Morgan fingerprint density at radius 1 is 1.45 bits per heavy atom. The van der Waals surface area contributed by atoms with Gasteiger partial charge < -0.3 is 4.74 Å². The molecule has 1 rings (SSSR count). The van der Waals surface area contributed by atoms with Gasteiger partial charge in [0.1, 0.15) is 0 Å². The average Bonchev–Trinajstić information content (AvgIpc) is 2.80. The van der Waals surface area contributed by atoms with Crippen LogP contribution in [0, 0.1) is 17.8 Å². The number of ether oxygens (including phenoxy) is 1. The van der Waals surface area contributed by atoms with Crippen LogP contribution in [0.3, 0.4) is 0 Å². The fourth-order valence-electron chi connectivity index (χ4n) is 2.06. The van der Waals surface area contributed by atoms with Crippen LogP contribution in [0.4, 0.5) is 0 Å². The molecule has 1 aliphatic carbocycles. The Kier molecular flexibility index (Phi) is 7.42. The Morgan fingerprint density at radius 3 is 2.95 bits per heavy atom. The molecule has 3 heteroatoms. The van der Waals surface area contributed by atoms with Crippen molar-refractivity contribution in [3.8, 4) is 11.8 Å². The fraction of sp³-hybridized carbons (Fsp3) is 0.529. The first-order chi connectivity index (χ1) is 9.69. The lowest BCUT2D eigenvalue weighted by atomic mass is 9.96. The van der Waals surface area contributed by atoms with Crippen molar-refractivity contribution in [1.29, 1.82) is 0 Å². The summed E-state index contributed by atoms with van der Waals surface area (Å²) < 4.78 is 4.55. The molecule has 0 aromatic heterocycles. The maximum absolute atomic E-state index is 11.7. The van der Waals surface area contributed by atoms with Gasteiger partial charge in [-0.3, -0.25) is 9.59 Å². The predicted molar refractivity (Wildman–Crippen MR) is 78.9 cm³/mol. The number of hydrogen-bond donors (Lipinski definition) is 0. The van der Waals surface area contributed by atoms with E-state index < -0.39 is 0 Å².